The molecular weight excluding hydrogens is 367 g/mol. The molecule has 2 aromatic carbocycles. The van der Waals surface area contributed by atoms with Gasteiger partial charge in [0.2, 0.25) is 0 Å². The molecule has 0 radical (unpaired) electrons. The lowest BCUT2D eigenvalue weighted by Gasteiger charge is -2.06. The average molecular weight is 389 g/mol. The number of aromatic nitrogens is 3. The predicted molar refractivity (Wildman–Crippen MR) is 108 cm³/mol. The highest BCUT2D eigenvalue weighted by atomic mass is 35.5. The van der Waals surface area contributed by atoms with E-state index >= 15 is 0 Å². The van der Waals surface area contributed by atoms with Gasteiger partial charge in [-0.3, -0.25) is 0 Å². The lowest BCUT2D eigenvalue weighted by atomic mass is 10.1. The van der Waals surface area contributed by atoms with E-state index in [1.165, 1.54) is 0 Å². The summed E-state index contributed by atoms with van der Waals surface area (Å²) in [6.45, 7) is 4.41. The van der Waals surface area contributed by atoms with Crippen LogP contribution in [0.1, 0.15) is 24.6 Å². The summed E-state index contributed by atoms with van der Waals surface area (Å²) in [5.41, 5.74) is 4.08. The van der Waals surface area contributed by atoms with E-state index in [2.05, 4.69) is 34.6 Å². The topological polar surface area (TPSA) is 42.7 Å². The maximum Gasteiger partial charge on any atom is 0.117 e. The van der Waals surface area contributed by atoms with Crippen molar-refractivity contribution in [1.82, 2.24) is 20.3 Å². The van der Waals surface area contributed by atoms with Gasteiger partial charge in [0.1, 0.15) is 11.4 Å². The Labute approximate surface area is 164 Å². The normalized spacial score (nSPS) is 11.0. The minimum absolute atomic E-state index is 0.659. The smallest absolute Gasteiger partial charge is 0.117 e. The van der Waals surface area contributed by atoms with Gasteiger partial charge in [0.25, 0.3) is 0 Å². The minimum atomic E-state index is 0.659. The third kappa shape index (κ3) is 4.85. The molecule has 136 valence electrons. The average Bonchev–Trinajstić information content (AvgIpc) is 3.04. The first-order valence-electron chi connectivity index (χ1n) is 8.81. The highest BCUT2D eigenvalue weighted by molar-refractivity contribution is 6.35. The number of hydrogen-bond acceptors (Lipinski definition) is 3. The summed E-state index contributed by atoms with van der Waals surface area (Å²) in [6, 6.07) is 15.8. The Morgan fingerprint density at radius 3 is 2.58 bits per heavy atom. The van der Waals surface area contributed by atoms with Gasteiger partial charge in [-0.25, -0.2) is 0 Å². The molecule has 3 rings (SSSR count). The number of rotatable bonds is 8. The third-order valence-electron chi connectivity index (χ3n) is 4.07. The van der Waals surface area contributed by atoms with Crippen molar-refractivity contribution in [2.24, 2.45) is 0 Å². The van der Waals surface area contributed by atoms with Crippen molar-refractivity contribution < 1.29 is 0 Å². The van der Waals surface area contributed by atoms with Crippen LogP contribution in [0.5, 0.6) is 0 Å². The quantitative estimate of drug-likeness (QED) is 0.552. The van der Waals surface area contributed by atoms with Crippen LogP contribution in [-0.2, 0) is 19.5 Å². The molecule has 1 heterocycles. The SMILES string of the molecule is CCCn1nc(CNCCc2ccc(Cl)cc2Cl)c(-c2ccccc2)n1. The fraction of sp³-hybridized carbons (Fsp3) is 0.300. The van der Waals surface area contributed by atoms with E-state index in [4.69, 9.17) is 23.2 Å². The molecule has 3 aromatic rings. The molecule has 0 spiro atoms. The largest absolute Gasteiger partial charge is 0.311 e. The van der Waals surface area contributed by atoms with E-state index < -0.39 is 0 Å². The van der Waals surface area contributed by atoms with E-state index in [0.717, 1.165) is 48.4 Å². The van der Waals surface area contributed by atoms with Crippen LogP contribution in [0.3, 0.4) is 0 Å². The summed E-state index contributed by atoms with van der Waals surface area (Å²) in [5.74, 6) is 0. The van der Waals surface area contributed by atoms with Gasteiger partial charge in [0, 0.05) is 22.2 Å². The van der Waals surface area contributed by atoms with Crippen LogP contribution in [0.2, 0.25) is 10.0 Å². The minimum Gasteiger partial charge on any atom is -0.311 e. The molecule has 0 atom stereocenters. The van der Waals surface area contributed by atoms with Gasteiger partial charge in [-0.15, -0.1) is 0 Å². The highest BCUT2D eigenvalue weighted by Crippen LogP contribution is 2.22. The van der Waals surface area contributed by atoms with Gasteiger partial charge in [0.15, 0.2) is 0 Å². The molecule has 0 aliphatic rings. The molecule has 0 saturated heterocycles. The Kier molecular flexibility index (Phi) is 6.67. The van der Waals surface area contributed by atoms with Crippen LogP contribution in [0.15, 0.2) is 48.5 Å². The lowest BCUT2D eigenvalue weighted by Crippen LogP contribution is -2.18. The predicted octanol–water partition coefficient (Wildman–Crippen LogP) is 4.99. The van der Waals surface area contributed by atoms with Crippen molar-refractivity contribution >= 4 is 23.2 Å². The van der Waals surface area contributed by atoms with Crippen LogP contribution in [0.4, 0.5) is 0 Å². The van der Waals surface area contributed by atoms with E-state index in [-0.39, 0.29) is 0 Å². The van der Waals surface area contributed by atoms with Crippen molar-refractivity contribution in [2.45, 2.75) is 32.9 Å². The second kappa shape index (κ2) is 9.17. The Bertz CT molecular complexity index is 846. The van der Waals surface area contributed by atoms with Gasteiger partial charge in [-0.1, -0.05) is 66.5 Å². The molecule has 1 N–H and O–H groups in total. The summed E-state index contributed by atoms with van der Waals surface area (Å²) >= 11 is 12.2. The third-order valence-corrected chi connectivity index (χ3v) is 4.66. The van der Waals surface area contributed by atoms with Gasteiger partial charge in [-0.2, -0.15) is 15.0 Å². The van der Waals surface area contributed by atoms with Gasteiger partial charge < -0.3 is 5.32 Å². The van der Waals surface area contributed by atoms with Crippen LogP contribution < -0.4 is 5.32 Å². The zero-order chi connectivity index (χ0) is 18.4. The van der Waals surface area contributed by atoms with Crippen molar-refractivity contribution in [3.05, 3.63) is 69.8 Å². The van der Waals surface area contributed by atoms with Crippen LogP contribution in [0, 0.1) is 0 Å². The Morgan fingerprint density at radius 1 is 1.04 bits per heavy atom. The number of nitrogens with zero attached hydrogens (tertiary/aromatic N) is 3. The fourth-order valence-corrected chi connectivity index (χ4v) is 3.28. The molecule has 0 fully saturated rings. The fourth-order valence-electron chi connectivity index (χ4n) is 2.78. The molecule has 0 unspecified atom stereocenters. The van der Waals surface area contributed by atoms with Crippen molar-refractivity contribution in [3.8, 4) is 11.3 Å². The zero-order valence-corrected chi connectivity index (χ0v) is 16.3. The molecule has 0 amide bonds. The first kappa shape index (κ1) is 18.9. The van der Waals surface area contributed by atoms with Crippen LogP contribution in [-0.4, -0.2) is 21.5 Å². The number of benzene rings is 2. The summed E-state index contributed by atoms with van der Waals surface area (Å²) in [6.07, 6.45) is 1.84. The van der Waals surface area contributed by atoms with Crippen molar-refractivity contribution in [1.29, 1.82) is 0 Å². The molecule has 0 aliphatic heterocycles. The Balaban J connectivity index is 1.65. The number of hydrogen-bond donors (Lipinski definition) is 1. The van der Waals surface area contributed by atoms with E-state index in [0.29, 0.717) is 16.6 Å². The van der Waals surface area contributed by atoms with E-state index in [1.807, 2.05) is 30.3 Å². The van der Waals surface area contributed by atoms with Crippen LogP contribution in [0.25, 0.3) is 11.3 Å². The van der Waals surface area contributed by atoms with E-state index in [1.54, 1.807) is 10.9 Å². The zero-order valence-electron chi connectivity index (χ0n) is 14.8. The summed E-state index contributed by atoms with van der Waals surface area (Å²) in [4.78, 5) is 1.79. The second-order valence-corrected chi connectivity index (χ2v) is 6.96. The van der Waals surface area contributed by atoms with Crippen LogP contribution >= 0.6 is 23.2 Å². The number of aryl methyl sites for hydroxylation is 1. The molecule has 4 nitrogen and oxygen atoms in total. The van der Waals surface area contributed by atoms with Gasteiger partial charge >= 0.3 is 0 Å². The molecule has 0 bridgehead atoms. The molecule has 26 heavy (non-hydrogen) atoms. The Morgan fingerprint density at radius 2 is 1.85 bits per heavy atom. The van der Waals surface area contributed by atoms with Gasteiger partial charge in [0.05, 0.1) is 6.54 Å². The lowest BCUT2D eigenvalue weighted by molar-refractivity contribution is 0.521. The monoisotopic (exact) mass is 388 g/mol. The van der Waals surface area contributed by atoms with Crippen molar-refractivity contribution in [3.63, 3.8) is 0 Å². The summed E-state index contributed by atoms with van der Waals surface area (Å²) in [5, 5.41) is 14.1. The summed E-state index contributed by atoms with van der Waals surface area (Å²) in [7, 11) is 0. The van der Waals surface area contributed by atoms with Crippen molar-refractivity contribution in [2.75, 3.05) is 6.54 Å². The van der Waals surface area contributed by atoms with E-state index in [9.17, 15) is 0 Å². The molecule has 0 aliphatic carbocycles. The number of halogens is 2. The molecular formula is C20H22Cl2N4. The molecule has 1 aromatic heterocycles. The standard InChI is InChI=1S/C20H22Cl2N4/c1-2-12-26-24-19(20(25-26)16-6-4-3-5-7-16)14-23-11-10-15-8-9-17(21)13-18(15)22/h3-9,13,23H,2,10-12,14H2,1H3. The first-order valence-corrected chi connectivity index (χ1v) is 9.57. The molecule has 0 saturated carbocycles. The number of nitrogens with one attached hydrogen (secondary N) is 1. The highest BCUT2D eigenvalue weighted by Gasteiger charge is 2.12. The molecule has 6 heteroatoms. The van der Waals surface area contributed by atoms with Gasteiger partial charge in [-0.05, 0) is 37.1 Å². The maximum absolute atomic E-state index is 6.23. The summed E-state index contributed by atoms with van der Waals surface area (Å²) < 4.78 is 0. The Hall–Kier alpha value is -1.88. The first-order chi connectivity index (χ1) is 12.7. The second-order valence-electron chi connectivity index (χ2n) is 6.12. The maximum atomic E-state index is 6.23.